The molecule has 1 amide bonds. The van der Waals surface area contributed by atoms with Gasteiger partial charge < -0.3 is 25.6 Å². The van der Waals surface area contributed by atoms with E-state index in [1.807, 2.05) is 44.2 Å². The number of carbonyl (C=O) groups is 1. The number of pyridine rings is 1. The zero-order valence-electron chi connectivity index (χ0n) is 19.4. The van der Waals surface area contributed by atoms with Gasteiger partial charge in [-0.15, -0.1) is 0 Å². The lowest BCUT2D eigenvalue weighted by Crippen LogP contribution is -2.33. The molecule has 0 bridgehead atoms. The average molecular weight is 473 g/mol. The van der Waals surface area contributed by atoms with Crippen molar-refractivity contribution in [1.82, 2.24) is 30.4 Å². The number of aryl methyl sites for hydroxylation is 1. The van der Waals surface area contributed by atoms with E-state index in [-0.39, 0.29) is 24.4 Å². The quantitative estimate of drug-likeness (QED) is 0.316. The van der Waals surface area contributed by atoms with E-state index in [0.717, 1.165) is 5.56 Å². The fourth-order valence-corrected chi connectivity index (χ4v) is 3.91. The molecular weight excluding hydrogens is 448 g/mol. The molecule has 1 aliphatic heterocycles. The van der Waals surface area contributed by atoms with Crippen molar-refractivity contribution in [2.24, 2.45) is 0 Å². The second kappa shape index (κ2) is 8.76. The molecule has 0 fully saturated rings. The molecular formula is C24H24N8O3. The van der Waals surface area contributed by atoms with Gasteiger partial charge in [0, 0.05) is 6.20 Å². The van der Waals surface area contributed by atoms with Crippen LogP contribution < -0.4 is 16.0 Å². The van der Waals surface area contributed by atoms with Crippen LogP contribution in [0.5, 0.6) is 0 Å². The van der Waals surface area contributed by atoms with Crippen LogP contribution in [0.2, 0.25) is 0 Å². The molecule has 0 spiro atoms. The number of hydrogen-bond donors (Lipinski definition) is 4. The van der Waals surface area contributed by atoms with Crippen LogP contribution >= 0.6 is 0 Å². The molecule has 0 saturated heterocycles. The smallest absolute Gasteiger partial charge is 0.263 e. The Balaban J connectivity index is 1.50. The van der Waals surface area contributed by atoms with Crippen molar-refractivity contribution in [2.45, 2.75) is 32.4 Å². The maximum atomic E-state index is 12.2. The zero-order valence-corrected chi connectivity index (χ0v) is 19.4. The molecule has 4 N–H and O–H groups in total. The molecule has 11 nitrogen and oxygen atoms in total. The summed E-state index contributed by atoms with van der Waals surface area (Å²) in [4.78, 5) is 30.1. The van der Waals surface area contributed by atoms with Gasteiger partial charge in [-0.2, -0.15) is 9.97 Å². The van der Waals surface area contributed by atoms with E-state index >= 15 is 0 Å². The third kappa shape index (κ3) is 4.41. The maximum absolute atomic E-state index is 12.2. The molecule has 0 unspecified atom stereocenters. The van der Waals surface area contributed by atoms with Crippen LogP contribution in [0.25, 0.3) is 11.5 Å². The second-order valence-electron chi connectivity index (χ2n) is 8.69. The molecule has 1 atom stereocenters. The average Bonchev–Trinajstić information content (AvgIpc) is 3.37. The van der Waals surface area contributed by atoms with Crippen molar-refractivity contribution in [3.05, 3.63) is 71.3 Å². The fourth-order valence-electron chi connectivity index (χ4n) is 3.91. The summed E-state index contributed by atoms with van der Waals surface area (Å²) in [6.07, 6.45) is 1.56. The summed E-state index contributed by atoms with van der Waals surface area (Å²) in [6, 6.07) is 12.5. The topological polar surface area (TPSA) is 151 Å². The van der Waals surface area contributed by atoms with Gasteiger partial charge in [0.05, 0.1) is 29.4 Å². The van der Waals surface area contributed by atoms with Crippen molar-refractivity contribution in [3.8, 4) is 11.5 Å². The number of nitrogens with zero attached hydrogens (tertiary/aromatic N) is 5. The summed E-state index contributed by atoms with van der Waals surface area (Å²) in [7, 11) is 0. The van der Waals surface area contributed by atoms with Gasteiger partial charge in [-0.25, -0.2) is 9.97 Å². The molecule has 11 heteroatoms. The van der Waals surface area contributed by atoms with Gasteiger partial charge >= 0.3 is 0 Å². The van der Waals surface area contributed by atoms with E-state index in [4.69, 9.17) is 4.52 Å². The third-order valence-electron chi connectivity index (χ3n) is 5.64. The summed E-state index contributed by atoms with van der Waals surface area (Å²) in [5, 5.41) is 23.2. The highest BCUT2D eigenvalue weighted by Gasteiger charge is 2.36. The number of aliphatic hydroxyl groups excluding tert-OH is 1. The molecule has 0 aliphatic carbocycles. The molecule has 3 aromatic heterocycles. The van der Waals surface area contributed by atoms with Crippen LogP contribution in [-0.2, 0) is 5.54 Å². The van der Waals surface area contributed by atoms with Crippen LogP contribution in [0.4, 0.5) is 17.6 Å². The minimum Gasteiger partial charge on any atom is -0.394 e. The van der Waals surface area contributed by atoms with E-state index in [2.05, 4.69) is 41.0 Å². The van der Waals surface area contributed by atoms with E-state index in [9.17, 15) is 9.90 Å². The predicted octanol–water partition coefficient (Wildman–Crippen LogP) is 3.10. The van der Waals surface area contributed by atoms with Gasteiger partial charge in [0.15, 0.2) is 5.82 Å². The number of anilines is 3. The second-order valence-corrected chi connectivity index (χ2v) is 8.69. The first-order valence-electron chi connectivity index (χ1n) is 11.0. The molecule has 1 aromatic carbocycles. The Bertz CT molecular complexity index is 1390. The molecule has 5 rings (SSSR count). The Morgan fingerprint density at radius 1 is 1.09 bits per heavy atom. The molecule has 35 heavy (non-hydrogen) atoms. The van der Waals surface area contributed by atoms with Gasteiger partial charge in [-0.1, -0.05) is 35.5 Å². The summed E-state index contributed by atoms with van der Waals surface area (Å²) >= 11 is 0. The summed E-state index contributed by atoms with van der Waals surface area (Å²) in [5.74, 6) is 1.72. The molecule has 0 radical (unpaired) electrons. The number of aromatic nitrogens is 5. The van der Waals surface area contributed by atoms with Gasteiger partial charge in [-0.05, 0) is 38.5 Å². The van der Waals surface area contributed by atoms with Crippen LogP contribution in [-0.4, -0.2) is 42.7 Å². The van der Waals surface area contributed by atoms with E-state index in [1.54, 1.807) is 25.3 Å². The number of carbonyl (C=O) groups excluding carboxylic acids is 1. The van der Waals surface area contributed by atoms with Gasteiger partial charge in [-0.3, -0.25) is 4.79 Å². The standard InChI is InChI=1S/C24H24N8O3/c1-13-26-22(35-32-13)16-11-25-23(30-20(16)27-17(12-33)14-7-5-4-6-8-14)29-18-10-9-15-19(28-18)24(2,3)31-21(15)34/h4-11,17,33H,12H2,1-3H3,(H,31,34)(H2,25,27,28,29,30)/t17-/m1/s1. The number of rotatable bonds is 7. The van der Waals surface area contributed by atoms with Crippen molar-refractivity contribution in [1.29, 1.82) is 0 Å². The Hall–Kier alpha value is -4.38. The summed E-state index contributed by atoms with van der Waals surface area (Å²) in [5.41, 5.74) is 1.98. The molecule has 1 aliphatic rings. The van der Waals surface area contributed by atoms with Crippen molar-refractivity contribution < 1.29 is 14.4 Å². The predicted molar refractivity (Wildman–Crippen MR) is 128 cm³/mol. The number of fused-ring (bicyclic) bond motifs is 1. The van der Waals surface area contributed by atoms with E-state index in [1.165, 1.54) is 0 Å². The van der Waals surface area contributed by atoms with Crippen molar-refractivity contribution in [3.63, 3.8) is 0 Å². The maximum Gasteiger partial charge on any atom is 0.263 e. The van der Waals surface area contributed by atoms with Crippen molar-refractivity contribution in [2.75, 3.05) is 17.2 Å². The largest absolute Gasteiger partial charge is 0.394 e. The van der Waals surface area contributed by atoms with Crippen LogP contribution in [0, 0.1) is 6.92 Å². The number of aliphatic hydroxyl groups is 1. The van der Waals surface area contributed by atoms with Crippen LogP contribution in [0.1, 0.15) is 47.3 Å². The number of nitrogens with one attached hydrogen (secondary N) is 3. The first-order chi connectivity index (χ1) is 16.8. The first-order valence-corrected chi connectivity index (χ1v) is 11.0. The minimum atomic E-state index is -0.582. The molecule has 178 valence electrons. The molecule has 4 heterocycles. The number of benzene rings is 1. The molecule has 0 saturated carbocycles. The lowest BCUT2D eigenvalue weighted by atomic mass is 10.0. The highest BCUT2D eigenvalue weighted by molar-refractivity contribution is 5.99. The number of hydrogen-bond acceptors (Lipinski definition) is 10. The SMILES string of the molecule is Cc1noc(-c2cnc(Nc3ccc4c(n3)C(C)(C)NC4=O)nc2N[C@H](CO)c2ccccc2)n1. The third-order valence-corrected chi connectivity index (χ3v) is 5.64. The normalized spacial score (nSPS) is 14.8. The van der Waals surface area contributed by atoms with Gasteiger partial charge in [0.1, 0.15) is 17.2 Å². The summed E-state index contributed by atoms with van der Waals surface area (Å²) in [6.45, 7) is 5.34. The lowest BCUT2D eigenvalue weighted by molar-refractivity contribution is 0.0940. The van der Waals surface area contributed by atoms with Crippen LogP contribution in [0.3, 0.4) is 0 Å². The highest BCUT2D eigenvalue weighted by atomic mass is 16.5. The monoisotopic (exact) mass is 472 g/mol. The number of amides is 1. The lowest BCUT2D eigenvalue weighted by Gasteiger charge is -2.19. The highest BCUT2D eigenvalue weighted by Crippen LogP contribution is 2.32. The van der Waals surface area contributed by atoms with Gasteiger partial charge in [0.25, 0.3) is 11.8 Å². The zero-order chi connectivity index (χ0) is 24.6. The van der Waals surface area contributed by atoms with Crippen molar-refractivity contribution >= 4 is 23.5 Å². The van der Waals surface area contributed by atoms with Crippen LogP contribution in [0.15, 0.2) is 53.2 Å². The Morgan fingerprint density at radius 2 is 1.89 bits per heavy atom. The van der Waals surface area contributed by atoms with Gasteiger partial charge in [0.2, 0.25) is 5.95 Å². The Morgan fingerprint density at radius 3 is 2.60 bits per heavy atom. The summed E-state index contributed by atoms with van der Waals surface area (Å²) < 4.78 is 5.34. The molecule has 4 aromatic rings. The Labute approximate surface area is 201 Å². The van der Waals surface area contributed by atoms with E-state index < -0.39 is 11.6 Å². The van der Waals surface area contributed by atoms with E-state index in [0.29, 0.717) is 34.3 Å². The first kappa shape index (κ1) is 22.4. The Kier molecular flexibility index (Phi) is 5.61. The minimum absolute atomic E-state index is 0.151. The fraction of sp³-hybridized carbons (Fsp3) is 0.250.